The minimum atomic E-state index is 0.649. The number of hydrogen-bond acceptors (Lipinski definition) is 4. The van der Waals surface area contributed by atoms with Gasteiger partial charge in [0, 0.05) is 27.8 Å². The Morgan fingerprint density at radius 3 is 1.02 bits per heavy atom. The van der Waals surface area contributed by atoms with Gasteiger partial charge in [-0.25, -0.2) is 19.9 Å². The van der Waals surface area contributed by atoms with Crippen molar-refractivity contribution in [2.24, 2.45) is 0 Å². The van der Waals surface area contributed by atoms with Crippen LogP contribution in [0.5, 0.6) is 0 Å². The van der Waals surface area contributed by atoms with Crippen molar-refractivity contribution in [1.82, 2.24) is 19.9 Å². The predicted molar refractivity (Wildman–Crippen MR) is 213 cm³/mol. The van der Waals surface area contributed by atoms with E-state index in [-0.39, 0.29) is 0 Å². The Kier molecular flexibility index (Phi) is 8.16. The summed E-state index contributed by atoms with van der Waals surface area (Å²) >= 11 is 0. The van der Waals surface area contributed by atoms with E-state index in [0.29, 0.717) is 17.5 Å². The fourth-order valence-corrected chi connectivity index (χ4v) is 6.57. The first-order valence-electron chi connectivity index (χ1n) is 17.4. The maximum Gasteiger partial charge on any atom is 0.164 e. The third-order valence-electron chi connectivity index (χ3n) is 9.31. The van der Waals surface area contributed by atoms with Gasteiger partial charge in [-0.1, -0.05) is 170 Å². The summed E-state index contributed by atoms with van der Waals surface area (Å²) < 4.78 is 0. The van der Waals surface area contributed by atoms with Crippen molar-refractivity contribution in [2.45, 2.75) is 0 Å². The normalized spacial score (nSPS) is 11.1. The lowest BCUT2D eigenvalue weighted by molar-refractivity contribution is 1.07. The summed E-state index contributed by atoms with van der Waals surface area (Å²) in [6.07, 6.45) is 0. The lowest BCUT2D eigenvalue weighted by Crippen LogP contribution is -2.00. The zero-order valence-electron chi connectivity index (χ0n) is 28.3. The topological polar surface area (TPSA) is 51.6 Å². The number of fused-ring (bicyclic) bond motifs is 1. The highest BCUT2D eigenvalue weighted by atomic mass is 15.0. The standard InChI is InChI=1S/C48H32N4/c1-5-13-35(14-6-1)44-31-43(32-45(49-44)36-15-7-2-8-16-36)34-23-21-33(22-24-34)39-25-26-41-30-42(28-27-40(41)29-39)48-51-46(37-17-9-3-10-18-37)50-47(52-48)38-19-11-4-12-20-38/h1-32H. The highest BCUT2D eigenvalue weighted by molar-refractivity contribution is 5.91. The Morgan fingerprint density at radius 2 is 0.558 bits per heavy atom. The van der Waals surface area contributed by atoms with Gasteiger partial charge in [-0.3, -0.25) is 0 Å². The van der Waals surface area contributed by atoms with Crippen LogP contribution in [0.4, 0.5) is 0 Å². The molecule has 52 heavy (non-hydrogen) atoms. The Labute approximate surface area is 302 Å². The fourth-order valence-electron chi connectivity index (χ4n) is 6.57. The van der Waals surface area contributed by atoms with Gasteiger partial charge in [-0.15, -0.1) is 0 Å². The molecule has 0 saturated heterocycles. The number of hydrogen-bond donors (Lipinski definition) is 0. The van der Waals surface area contributed by atoms with Crippen molar-refractivity contribution in [3.63, 3.8) is 0 Å². The van der Waals surface area contributed by atoms with Crippen LogP contribution in [0.25, 0.3) is 89.7 Å². The SMILES string of the molecule is c1ccc(-c2cc(-c3ccc(-c4ccc5cc(-c6nc(-c7ccccc7)nc(-c7ccccc7)n6)ccc5c4)cc3)cc(-c3ccccc3)n2)cc1. The Hall–Kier alpha value is -7.04. The molecule has 0 unspecified atom stereocenters. The minimum absolute atomic E-state index is 0.649. The third kappa shape index (κ3) is 6.37. The van der Waals surface area contributed by atoms with Crippen LogP contribution in [-0.2, 0) is 0 Å². The second-order valence-electron chi connectivity index (χ2n) is 12.8. The van der Waals surface area contributed by atoms with Crippen LogP contribution in [0, 0.1) is 0 Å². The number of pyridine rings is 1. The van der Waals surface area contributed by atoms with Gasteiger partial charge in [0.1, 0.15) is 0 Å². The predicted octanol–water partition coefficient (Wildman–Crippen LogP) is 12.1. The molecular weight excluding hydrogens is 633 g/mol. The first-order chi connectivity index (χ1) is 25.7. The molecule has 0 aliphatic rings. The van der Waals surface area contributed by atoms with Gasteiger partial charge in [-0.2, -0.15) is 0 Å². The average Bonchev–Trinajstić information content (AvgIpc) is 3.24. The minimum Gasteiger partial charge on any atom is -0.248 e. The molecule has 0 radical (unpaired) electrons. The highest BCUT2D eigenvalue weighted by Crippen LogP contribution is 2.33. The van der Waals surface area contributed by atoms with Crippen LogP contribution in [0.1, 0.15) is 0 Å². The zero-order valence-corrected chi connectivity index (χ0v) is 28.3. The maximum atomic E-state index is 5.04. The fraction of sp³-hybridized carbons (Fsp3) is 0. The number of aromatic nitrogens is 4. The second kappa shape index (κ2) is 13.7. The smallest absolute Gasteiger partial charge is 0.164 e. The zero-order chi connectivity index (χ0) is 34.7. The van der Waals surface area contributed by atoms with E-state index in [1.807, 2.05) is 72.8 Å². The largest absolute Gasteiger partial charge is 0.248 e. The van der Waals surface area contributed by atoms with Crippen molar-refractivity contribution in [2.75, 3.05) is 0 Å². The third-order valence-corrected chi connectivity index (χ3v) is 9.31. The molecule has 0 aliphatic heterocycles. The van der Waals surface area contributed by atoms with Crippen LogP contribution in [0.15, 0.2) is 194 Å². The van der Waals surface area contributed by atoms with E-state index in [2.05, 4.69) is 121 Å². The Balaban J connectivity index is 1.04. The Morgan fingerprint density at radius 1 is 0.212 bits per heavy atom. The van der Waals surface area contributed by atoms with Gasteiger partial charge >= 0.3 is 0 Å². The van der Waals surface area contributed by atoms with E-state index in [0.717, 1.165) is 72.2 Å². The first-order valence-corrected chi connectivity index (χ1v) is 17.4. The molecule has 0 atom stereocenters. The Bertz CT molecular complexity index is 2530. The number of benzene rings is 7. The summed E-state index contributed by atoms with van der Waals surface area (Å²) in [6.45, 7) is 0. The van der Waals surface area contributed by atoms with Gasteiger partial charge in [0.15, 0.2) is 17.5 Å². The van der Waals surface area contributed by atoms with Crippen LogP contribution in [-0.4, -0.2) is 19.9 Å². The van der Waals surface area contributed by atoms with Crippen molar-refractivity contribution in [3.05, 3.63) is 194 Å². The van der Waals surface area contributed by atoms with E-state index in [9.17, 15) is 0 Å². The van der Waals surface area contributed by atoms with Crippen LogP contribution < -0.4 is 0 Å². The lowest BCUT2D eigenvalue weighted by atomic mass is 9.96. The van der Waals surface area contributed by atoms with Gasteiger partial charge in [0.25, 0.3) is 0 Å². The monoisotopic (exact) mass is 664 g/mol. The molecule has 9 rings (SSSR count). The molecule has 4 heteroatoms. The molecule has 0 fully saturated rings. The number of rotatable bonds is 7. The van der Waals surface area contributed by atoms with Crippen LogP contribution >= 0.6 is 0 Å². The molecule has 0 aliphatic carbocycles. The molecule has 9 aromatic rings. The molecule has 0 bridgehead atoms. The molecule has 244 valence electrons. The van der Waals surface area contributed by atoms with Crippen molar-refractivity contribution >= 4 is 10.8 Å². The molecule has 0 spiro atoms. The van der Waals surface area contributed by atoms with E-state index >= 15 is 0 Å². The van der Waals surface area contributed by atoms with Crippen molar-refractivity contribution in [3.8, 4) is 78.9 Å². The van der Waals surface area contributed by atoms with Gasteiger partial charge in [0.05, 0.1) is 11.4 Å². The van der Waals surface area contributed by atoms with Crippen LogP contribution in [0.2, 0.25) is 0 Å². The molecular formula is C48H32N4. The van der Waals surface area contributed by atoms with E-state index in [1.165, 1.54) is 0 Å². The number of nitrogens with zero attached hydrogens (tertiary/aromatic N) is 4. The van der Waals surface area contributed by atoms with Gasteiger partial charge in [-0.05, 0) is 57.3 Å². The molecule has 2 heterocycles. The highest BCUT2D eigenvalue weighted by Gasteiger charge is 2.13. The summed E-state index contributed by atoms with van der Waals surface area (Å²) in [7, 11) is 0. The summed E-state index contributed by atoms with van der Waals surface area (Å²) in [5.74, 6) is 1.96. The molecule has 2 aromatic heterocycles. The first kappa shape index (κ1) is 31.0. The van der Waals surface area contributed by atoms with Crippen molar-refractivity contribution < 1.29 is 0 Å². The van der Waals surface area contributed by atoms with Crippen molar-refractivity contribution in [1.29, 1.82) is 0 Å². The summed E-state index contributed by atoms with van der Waals surface area (Å²) in [4.78, 5) is 19.7. The lowest BCUT2D eigenvalue weighted by Gasteiger charge is -2.11. The molecule has 0 saturated carbocycles. The maximum absolute atomic E-state index is 5.04. The van der Waals surface area contributed by atoms with E-state index in [1.54, 1.807) is 0 Å². The van der Waals surface area contributed by atoms with Gasteiger partial charge in [0.2, 0.25) is 0 Å². The molecule has 0 amide bonds. The van der Waals surface area contributed by atoms with Gasteiger partial charge < -0.3 is 0 Å². The molecule has 0 N–H and O–H groups in total. The second-order valence-corrected chi connectivity index (χ2v) is 12.8. The van der Waals surface area contributed by atoms with E-state index < -0.39 is 0 Å². The summed E-state index contributed by atoms with van der Waals surface area (Å²) in [6, 6.07) is 67.1. The summed E-state index contributed by atoms with van der Waals surface area (Å²) in [5, 5.41) is 2.28. The summed E-state index contributed by atoms with van der Waals surface area (Å²) in [5.41, 5.74) is 11.6. The van der Waals surface area contributed by atoms with Crippen LogP contribution in [0.3, 0.4) is 0 Å². The quantitative estimate of drug-likeness (QED) is 0.170. The van der Waals surface area contributed by atoms with E-state index in [4.69, 9.17) is 19.9 Å². The average molecular weight is 665 g/mol. The molecule has 4 nitrogen and oxygen atoms in total. The molecule has 7 aromatic carbocycles.